The van der Waals surface area contributed by atoms with Crippen LogP contribution in [0.1, 0.15) is 5.56 Å². The average Bonchev–Trinajstić information content (AvgIpc) is 1.88. The largest absolute Gasteiger partial charge is 1.00 e. The lowest BCUT2D eigenvalue weighted by molar-refractivity contribution is -0.692. The van der Waals surface area contributed by atoms with Crippen molar-refractivity contribution < 1.29 is 21.5 Å². The van der Waals surface area contributed by atoms with E-state index in [4.69, 9.17) is 0 Å². The highest BCUT2D eigenvalue weighted by Gasteiger charge is 1.95. The molecule has 1 aromatic heterocycles. The van der Waals surface area contributed by atoms with Crippen molar-refractivity contribution in [1.82, 2.24) is 0 Å². The zero-order chi connectivity index (χ0) is 7.40. The standard InChI is InChI=1S/C8H11BrN.BrH/c1-8-3-2-5-10(7-8)6-4-9;/h2-3,5,7H,4,6H2,1H3;1H/q+1;/p-1. The van der Waals surface area contributed by atoms with Crippen molar-refractivity contribution in [2.75, 3.05) is 5.33 Å². The van der Waals surface area contributed by atoms with Crippen molar-refractivity contribution in [3.05, 3.63) is 30.1 Å². The molecule has 0 radical (unpaired) electrons. The van der Waals surface area contributed by atoms with Crippen molar-refractivity contribution in [2.45, 2.75) is 13.5 Å². The molecule has 1 rings (SSSR count). The molecular weight excluding hydrogens is 270 g/mol. The Labute approximate surface area is 86.3 Å². The third-order valence-corrected chi connectivity index (χ3v) is 1.70. The summed E-state index contributed by atoms with van der Waals surface area (Å²) in [6.45, 7) is 3.15. The van der Waals surface area contributed by atoms with Crippen molar-refractivity contribution in [2.24, 2.45) is 0 Å². The molecular formula is C8H11Br2N. The monoisotopic (exact) mass is 279 g/mol. The summed E-state index contributed by atoms with van der Waals surface area (Å²) in [5.74, 6) is 0. The molecule has 0 saturated carbocycles. The maximum atomic E-state index is 3.39. The molecule has 0 amide bonds. The molecule has 0 N–H and O–H groups in total. The van der Waals surface area contributed by atoms with E-state index in [-0.39, 0.29) is 17.0 Å². The minimum absolute atomic E-state index is 0. The Kier molecular flexibility index (Phi) is 5.78. The molecule has 0 aliphatic rings. The van der Waals surface area contributed by atoms with Gasteiger partial charge < -0.3 is 17.0 Å². The van der Waals surface area contributed by atoms with Crippen LogP contribution >= 0.6 is 15.9 Å². The molecule has 1 heterocycles. The highest BCUT2D eigenvalue weighted by atomic mass is 79.9. The Morgan fingerprint density at radius 1 is 1.55 bits per heavy atom. The summed E-state index contributed by atoms with van der Waals surface area (Å²) in [6, 6.07) is 4.17. The summed E-state index contributed by atoms with van der Waals surface area (Å²) in [5.41, 5.74) is 1.31. The number of hydrogen-bond acceptors (Lipinski definition) is 0. The summed E-state index contributed by atoms with van der Waals surface area (Å²) in [6.07, 6.45) is 4.22. The lowest BCUT2D eigenvalue weighted by Crippen LogP contribution is -3.00. The number of aromatic nitrogens is 1. The Bertz CT molecular complexity index is 213. The molecule has 62 valence electrons. The second-order valence-electron chi connectivity index (χ2n) is 2.31. The molecule has 11 heavy (non-hydrogen) atoms. The van der Waals surface area contributed by atoms with Crippen LogP contribution in [0.5, 0.6) is 0 Å². The van der Waals surface area contributed by atoms with Crippen LogP contribution in [-0.2, 0) is 6.54 Å². The molecule has 0 unspecified atom stereocenters. The molecule has 0 aliphatic heterocycles. The van der Waals surface area contributed by atoms with Gasteiger partial charge in [0.15, 0.2) is 18.9 Å². The van der Waals surface area contributed by atoms with Gasteiger partial charge in [-0.15, -0.1) is 0 Å². The molecule has 0 aromatic carbocycles. The maximum absolute atomic E-state index is 3.39. The first-order valence-electron chi connectivity index (χ1n) is 3.34. The van der Waals surface area contributed by atoms with Gasteiger partial charge in [-0.2, -0.15) is 0 Å². The van der Waals surface area contributed by atoms with E-state index in [0.717, 1.165) is 11.9 Å². The van der Waals surface area contributed by atoms with Crippen LogP contribution in [0, 0.1) is 6.92 Å². The van der Waals surface area contributed by atoms with E-state index in [1.54, 1.807) is 0 Å². The Balaban J connectivity index is 0.000001000. The number of halogens is 2. The number of hydrogen-bond donors (Lipinski definition) is 0. The summed E-state index contributed by atoms with van der Waals surface area (Å²) in [5, 5.41) is 1.02. The Morgan fingerprint density at radius 3 is 2.82 bits per heavy atom. The van der Waals surface area contributed by atoms with Gasteiger partial charge in [0.05, 0.1) is 5.33 Å². The van der Waals surface area contributed by atoms with Crippen LogP contribution in [0.25, 0.3) is 0 Å². The van der Waals surface area contributed by atoms with Crippen molar-refractivity contribution >= 4 is 15.9 Å². The van der Waals surface area contributed by atoms with Gasteiger partial charge >= 0.3 is 0 Å². The molecule has 0 atom stereocenters. The average molecular weight is 281 g/mol. The van der Waals surface area contributed by atoms with Crippen molar-refractivity contribution in [3.8, 4) is 0 Å². The second kappa shape index (κ2) is 5.72. The molecule has 1 aromatic rings. The molecule has 0 fully saturated rings. The molecule has 0 bridgehead atoms. The smallest absolute Gasteiger partial charge is 0.171 e. The zero-order valence-electron chi connectivity index (χ0n) is 6.43. The van der Waals surface area contributed by atoms with E-state index in [1.165, 1.54) is 5.56 Å². The first-order chi connectivity index (χ1) is 4.83. The van der Waals surface area contributed by atoms with Crippen LogP contribution in [-0.4, -0.2) is 5.33 Å². The predicted octanol–water partition coefficient (Wildman–Crippen LogP) is -1.32. The predicted molar refractivity (Wildman–Crippen MR) is 45.2 cm³/mol. The quantitative estimate of drug-likeness (QED) is 0.468. The summed E-state index contributed by atoms with van der Waals surface area (Å²) in [4.78, 5) is 0. The van der Waals surface area contributed by atoms with Gasteiger partial charge in [0.2, 0.25) is 0 Å². The SMILES string of the molecule is Cc1ccc[n+](CCBr)c1.[Br-]. The molecule has 0 aliphatic carbocycles. The number of pyridine rings is 1. The first-order valence-corrected chi connectivity index (χ1v) is 4.47. The Morgan fingerprint density at radius 2 is 2.27 bits per heavy atom. The minimum Gasteiger partial charge on any atom is -1.00 e. The van der Waals surface area contributed by atoms with E-state index >= 15 is 0 Å². The third kappa shape index (κ3) is 3.87. The fourth-order valence-electron chi connectivity index (χ4n) is 0.890. The van der Waals surface area contributed by atoms with Crippen LogP contribution in [0.3, 0.4) is 0 Å². The molecule has 0 spiro atoms. The number of nitrogens with zero attached hydrogens (tertiary/aromatic N) is 1. The minimum atomic E-state index is 0. The zero-order valence-corrected chi connectivity index (χ0v) is 9.60. The van der Waals surface area contributed by atoms with Crippen molar-refractivity contribution in [3.63, 3.8) is 0 Å². The van der Waals surface area contributed by atoms with Gasteiger partial charge in [0, 0.05) is 11.6 Å². The summed E-state index contributed by atoms with van der Waals surface area (Å²) < 4.78 is 2.17. The molecule has 1 nitrogen and oxygen atoms in total. The highest BCUT2D eigenvalue weighted by molar-refractivity contribution is 9.09. The molecule has 3 heteroatoms. The second-order valence-corrected chi connectivity index (χ2v) is 3.10. The fraction of sp³-hybridized carbons (Fsp3) is 0.375. The lowest BCUT2D eigenvalue weighted by Gasteiger charge is -1.92. The normalized spacial score (nSPS) is 8.91. The van der Waals surface area contributed by atoms with Gasteiger partial charge in [0.1, 0.15) is 0 Å². The highest BCUT2D eigenvalue weighted by Crippen LogP contribution is 1.89. The van der Waals surface area contributed by atoms with Gasteiger partial charge in [-0.25, -0.2) is 4.57 Å². The first kappa shape index (κ1) is 11.1. The summed E-state index contributed by atoms with van der Waals surface area (Å²) in [7, 11) is 0. The van der Waals surface area contributed by atoms with E-state index in [1.807, 2.05) is 0 Å². The van der Waals surface area contributed by atoms with Crippen LogP contribution < -0.4 is 21.5 Å². The summed E-state index contributed by atoms with van der Waals surface area (Å²) >= 11 is 3.39. The van der Waals surface area contributed by atoms with Crippen LogP contribution in [0.15, 0.2) is 24.5 Å². The topological polar surface area (TPSA) is 3.88 Å². The van der Waals surface area contributed by atoms with E-state index in [9.17, 15) is 0 Å². The van der Waals surface area contributed by atoms with Gasteiger partial charge in [-0.05, 0) is 13.0 Å². The van der Waals surface area contributed by atoms with Gasteiger partial charge in [-0.3, -0.25) is 0 Å². The van der Waals surface area contributed by atoms with Gasteiger partial charge in [0.25, 0.3) is 0 Å². The molecule has 0 saturated heterocycles. The maximum Gasteiger partial charge on any atom is 0.171 e. The lowest BCUT2D eigenvalue weighted by atomic mass is 10.3. The van der Waals surface area contributed by atoms with Crippen LogP contribution in [0.4, 0.5) is 0 Å². The Hall–Kier alpha value is 0.110. The van der Waals surface area contributed by atoms with Crippen LogP contribution in [0.2, 0.25) is 0 Å². The third-order valence-electron chi connectivity index (χ3n) is 1.35. The number of alkyl halides is 1. The van der Waals surface area contributed by atoms with E-state index in [0.29, 0.717) is 0 Å². The fourth-order valence-corrected chi connectivity index (χ4v) is 1.30. The van der Waals surface area contributed by atoms with E-state index < -0.39 is 0 Å². The van der Waals surface area contributed by atoms with Crippen molar-refractivity contribution in [1.29, 1.82) is 0 Å². The van der Waals surface area contributed by atoms with Gasteiger partial charge in [-0.1, -0.05) is 15.9 Å². The number of aryl methyl sites for hydroxylation is 2. The number of rotatable bonds is 2. The van der Waals surface area contributed by atoms with E-state index in [2.05, 4.69) is 51.9 Å².